The van der Waals surface area contributed by atoms with Crippen molar-refractivity contribution in [2.24, 2.45) is 0 Å². The zero-order valence-electron chi connectivity index (χ0n) is 20.4. The Morgan fingerprint density at radius 3 is 2.62 bits per heavy atom. The molecule has 0 saturated carbocycles. The molecule has 1 N–H and O–H groups in total. The van der Waals surface area contributed by atoms with E-state index in [2.05, 4.69) is 59.2 Å². The number of carboxylic acid groups (broad SMARTS) is 1. The van der Waals surface area contributed by atoms with Gasteiger partial charge in [-0.2, -0.15) is 0 Å². The molecular weight excluding hydrogens is 426 g/mol. The van der Waals surface area contributed by atoms with Crippen LogP contribution in [0.2, 0.25) is 0 Å². The van der Waals surface area contributed by atoms with Crippen LogP contribution in [0.1, 0.15) is 53.4 Å². The number of likely N-dealkylation sites (N-methyl/N-ethyl adjacent to an activating group) is 1. The number of ether oxygens (including phenoxy) is 1. The van der Waals surface area contributed by atoms with E-state index >= 15 is 0 Å². The van der Waals surface area contributed by atoms with E-state index in [-0.39, 0.29) is 12.1 Å². The van der Waals surface area contributed by atoms with Crippen LogP contribution in [-0.4, -0.2) is 47.7 Å². The minimum atomic E-state index is -0.897. The number of aryl methyl sites for hydroxylation is 1. The molecule has 1 atom stereocenters. The second-order valence-corrected chi connectivity index (χ2v) is 9.23. The molecule has 0 unspecified atom stereocenters. The molecule has 6 heteroatoms. The number of anilines is 2. The fourth-order valence-corrected chi connectivity index (χ4v) is 4.71. The monoisotopic (exact) mass is 459 g/mol. The Hall–Kier alpha value is -3.38. The minimum absolute atomic E-state index is 0.157. The fraction of sp³-hybridized carbons (Fsp3) is 0.357. The van der Waals surface area contributed by atoms with Crippen LogP contribution in [0, 0.1) is 0 Å². The van der Waals surface area contributed by atoms with E-state index in [0.29, 0.717) is 12.0 Å². The maximum absolute atomic E-state index is 11.6. The number of pyridine rings is 1. The molecule has 0 fully saturated rings. The van der Waals surface area contributed by atoms with Gasteiger partial charge in [-0.1, -0.05) is 6.07 Å². The number of carbonyl (C=O) groups is 1. The van der Waals surface area contributed by atoms with Gasteiger partial charge in [0.15, 0.2) is 0 Å². The molecule has 0 spiro atoms. The van der Waals surface area contributed by atoms with E-state index in [4.69, 9.17) is 4.74 Å². The van der Waals surface area contributed by atoms with Crippen molar-refractivity contribution in [1.29, 1.82) is 0 Å². The summed E-state index contributed by atoms with van der Waals surface area (Å²) in [6.45, 7) is 5.03. The molecule has 0 radical (unpaired) electrons. The van der Waals surface area contributed by atoms with Crippen LogP contribution in [0.25, 0.3) is 0 Å². The van der Waals surface area contributed by atoms with Gasteiger partial charge in [-0.25, -0.2) is 4.79 Å². The minimum Gasteiger partial charge on any atom is -0.491 e. The molecule has 0 saturated heterocycles. The molecule has 0 aliphatic carbocycles. The summed E-state index contributed by atoms with van der Waals surface area (Å²) in [4.78, 5) is 20.3. The first-order valence-corrected chi connectivity index (χ1v) is 11.8. The quantitative estimate of drug-likeness (QED) is 0.480. The van der Waals surface area contributed by atoms with Crippen molar-refractivity contribution in [1.82, 2.24) is 9.88 Å². The highest BCUT2D eigenvalue weighted by Crippen LogP contribution is 2.36. The average Bonchev–Trinajstić information content (AvgIpc) is 2.83. The molecule has 2 heterocycles. The summed E-state index contributed by atoms with van der Waals surface area (Å²) in [5, 5.41) is 9.49. The van der Waals surface area contributed by atoms with Crippen LogP contribution in [0.3, 0.4) is 0 Å². The number of benzene rings is 2. The molecular formula is C28H33N3O3. The van der Waals surface area contributed by atoms with Gasteiger partial charge in [0, 0.05) is 43.4 Å². The van der Waals surface area contributed by atoms with Gasteiger partial charge < -0.3 is 14.7 Å². The normalized spacial score (nSPS) is 15.7. The molecule has 1 aliphatic heterocycles. The lowest BCUT2D eigenvalue weighted by Crippen LogP contribution is -2.32. The SMILES string of the molecule is CC(C)Oc1ccc(N(C)c2ccc3c(c2)CCN(C)[C@@H]3CCc2cnccc2C(=O)O)cc1. The zero-order valence-corrected chi connectivity index (χ0v) is 20.4. The predicted molar refractivity (Wildman–Crippen MR) is 135 cm³/mol. The van der Waals surface area contributed by atoms with Crippen molar-refractivity contribution < 1.29 is 14.6 Å². The van der Waals surface area contributed by atoms with Crippen molar-refractivity contribution in [3.8, 4) is 5.75 Å². The van der Waals surface area contributed by atoms with E-state index in [1.807, 2.05) is 26.0 Å². The lowest BCUT2D eigenvalue weighted by Gasteiger charge is -2.35. The van der Waals surface area contributed by atoms with Crippen molar-refractivity contribution in [2.75, 3.05) is 25.5 Å². The summed E-state index contributed by atoms with van der Waals surface area (Å²) in [5.41, 5.74) is 6.08. The lowest BCUT2D eigenvalue weighted by atomic mass is 9.88. The van der Waals surface area contributed by atoms with Gasteiger partial charge in [-0.3, -0.25) is 9.88 Å². The molecule has 0 bridgehead atoms. The van der Waals surface area contributed by atoms with Crippen LogP contribution in [0.15, 0.2) is 60.9 Å². The van der Waals surface area contributed by atoms with Gasteiger partial charge in [-0.05, 0) is 99.3 Å². The fourth-order valence-electron chi connectivity index (χ4n) is 4.71. The first kappa shape index (κ1) is 23.8. The molecule has 4 rings (SSSR count). The van der Waals surface area contributed by atoms with Gasteiger partial charge in [0.05, 0.1) is 11.7 Å². The largest absolute Gasteiger partial charge is 0.491 e. The van der Waals surface area contributed by atoms with Crippen LogP contribution in [-0.2, 0) is 12.8 Å². The van der Waals surface area contributed by atoms with Crippen molar-refractivity contribution in [3.63, 3.8) is 0 Å². The number of hydrogen-bond donors (Lipinski definition) is 1. The van der Waals surface area contributed by atoms with Gasteiger partial charge in [-0.15, -0.1) is 0 Å². The van der Waals surface area contributed by atoms with Gasteiger partial charge in [0.2, 0.25) is 0 Å². The third-order valence-electron chi connectivity index (χ3n) is 6.56. The Kier molecular flexibility index (Phi) is 7.17. The maximum Gasteiger partial charge on any atom is 0.336 e. The number of rotatable bonds is 8. The Balaban J connectivity index is 1.52. The van der Waals surface area contributed by atoms with Gasteiger partial charge in [0.25, 0.3) is 0 Å². The second-order valence-electron chi connectivity index (χ2n) is 9.23. The van der Waals surface area contributed by atoms with Gasteiger partial charge in [0.1, 0.15) is 5.75 Å². The van der Waals surface area contributed by atoms with Crippen molar-refractivity contribution >= 4 is 17.3 Å². The summed E-state index contributed by atoms with van der Waals surface area (Å²) < 4.78 is 5.77. The molecule has 3 aromatic rings. The van der Waals surface area contributed by atoms with Crippen LogP contribution < -0.4 is 9.64 Å². The Morgan fingerprint density at radius 2 is 1.91 bits per heavy atom. The van der Waals surface area contributed by atoms with E-state index in [9.17, 15) is 9.90 Å². The van der Waals surface area contributed by atoms with Crippen LogP contribution in [0.5, 0.6) is 5.75 Å². The first-order chi connectivity index (χ1) is 16.3. The number of aromatic nitrogens is 1. The lowest BCUT2D eigenvalue weighted by molar-refractivity contribution is 0.0695. The summed E-state index contributed by atoms with van der Waals surface area (Å²) in [6, 6.07) is 16.7. The Labute approximate surface area is 201 Å². The van der Waals surface area contributed by atoms with Crippen LogP contribution >= 0.6 is 0 Å². The van der Waals surface area contributed by atoms with Crippen molar-refractivity contribution in [3.05, 3.63) is 83.2 Å². The van der Waals surface area contributed by atoms with Crippen LogP contribution in [0.4, 0.5) is 11.4 Å². The van der Waals surface area contributed by atoms with E-state index in [1.165, 1.54) is 17.3 Å². The summed E-state index contributed by atoms with van der Waals surface area (Å²) in [7, 11) is 4.23. The number of nitrogens with zero attached hydrogens (tertiary/aromatic N) is 3. The highest BCUT2D eigenvalue weighted by molar-refractivity contribution is 5.89. The summed E-state index contributed by atoms with van der Waals surface area (Å²) in [5.74, 6) is -0.0191. The molecule has 6 nitrogen and oxygen atoms in total. The standard InChI is InChI=1S/C28H33N3O3/c1-19(2)34-24-9-6-22(7-10-24)31(4)23-8-11-25-20(17-23)14-16-30(3)27(25)12-5-21-18-29-15-13-26(21)28(32)33/h6-11,13,15,17-19,27H,5,12,14,16H2,1-4H3,(H,32,33)/t27-/m1/s1. The maximum atomic E-state index is 11.6. The molecule has 178 valence electrons. The molecule has 0 amide bonds. The zero-order chi connectivity index (χ0) is 24.2. The van der Waals surface area contributed by atoms with Gasteiger partial charge >= 0.3 is 5.97 Å². The molecule has 1 aromatic heterocycles. The third kappa shape index (κ3) is 5.23. The summed E-state index contributed by atoms with van der Waals surface area (Å²) >= 11 is 0. The summed E-state index contributed by atoms with van der Waals surface area (Å²) in [6.07, 6.45) is 5.90. The number of hydrogen-bond acceptors (Lipinski definition) is 5. The van der Waals surface area contributed by atoms with Crippen molar-refractivity contribution in [2.45, 2.75) is 45.3 Å². The van der Waals surface area contributed by atoms with E-state index in [0.717, 1.165) is 42.1 Å². The highest BCUT2D eigenvalue weighted by atomic mass is 16.5. The van der Waals surface area contributed by atoms with E-state index < -0.39 is 5.97 Å². The number of carboxylic acids is 1. The second kappa shape index (κ2) is 10.3. The highest BCUT2D eigenvalue weighted by Gasteiger charge is 2.26. The Morgan fingerprint density at radius 1 is 1.18 bits per heavy atom. The number of aromatic carboxylic acids is 1. The molecule has 34 heavy (non-hydrogen) atoms. The smallest absolute Gasteiger partial charge is 0.336 e. The first-order valence-electron chi connectivity index (χ1n) is 11.8. The topological polar surface area (TPSA) is 65.9 Å². The molecule has 2 aromatic carbocycles. The Bertz CT molecular complexity index is 1140. The molecule has 1 aliphatic rings. The van der Waals surface area contributed by atoms with E-state index in [1.54, 1.807) is 12.3 Å². The third-order valence-corrected chi connectivity index (χ3v) is 6.56. The predicted octanol–water partition coefficient (Wildman–Crippen LogP) is 5.50. The average molecular weight is 460 g/mol. The number of fused-ring (bicyclic) bond motifs is 1.